The van der Waals surface area contributed by atoms with Gasteiger partial charge >= 0.3 is 0 Å². The van der Waals surface area contributed by atoms with Crippen molar-refractivity contribution in [3.63, 3.8) is 0 Å². The molecule has 1 heterocycles. The Hall–Kier alpha value is -0.930. The number of carbonyl (C=O) groups is 1. The zero-order valence-electron chi connectivity index (χ0n) is 9.86. The van der Waals surface area contributed by atoms with E-state index in [2.05, 4.69) is 28.1 Å². The van der Waals surface area contributed by atoms with Crippen LogP contribution in [0.15, 0.2) is 40.2 Å². The van der Waals surface area contributed by atoms with Crippen molar-refractivity contribution < 1.29 is 4.79 Å². The first kappa shape index (κ1) is 12.1. The summed E-state index contributed by atoms with van der Waals surface area (Å²) in [5.74, 6) is 0.843. The van der Waals surface area contributed by atoms with Crippen molar-refractivity contribution in [1.82, 2.24) is 0 Å². The molecule has 1 saturated carbocycles. The van der Waals surface area contributed by atoms with Crippen LogP contribution in [0.4, 0.5) is 0 Å². The van der Waals surface area contributed by atoms with Crippen LogP contribution in [-0.4, -0.2) is 5.78 Å². The maximum Gasteiger partial charge on any atom is 0.202 e. The summed E-state index contributed by atoms with van der Waals surface area (Å²) in [6.07, 6.45) is 3.94. The minimum atomic E-state index is 0.117. The summed E-state index contributed by atoms with van der Waals surface area (Å²) in [6, 6.07) is 10.0. The lowest BCUT2D eigenvalue weighted by Crippen LogP contribution is -2.09. The Morgan fingerprint density at radius 2 is 1.94 bits per heavy atom. The largest absolute Gasteiger partial charge is 0.288 e. The third kappa shape index (κ3) is 2.29. The number of halogens is 1. The summed E-state index contributed by atoms with van der Waals surface area (Å²) >= 11 is 4.86. The van der Waals surface area contributed by atoms with Gasteiger partial charge in [-0.05, 0) is 46.3 Å². The monoisotopic (exact) mass is 320 g/mol. The molecule has 0 radical (unpaired) electrons. The fourth-order valence-electron chi connectivity index (χ4n) is 2.22. The summed E-state index contributed by atoms with van der Waals surface area (Å²) in [6.45, 7) is 0. The molecule has 1 nitrogen and oxygen atoms in total. The summed E-state index contributed by atoms with van der Waals surface area (Å²) in [5.41, 5.74) is 2.16. The Kier molecular flexibility index (Phi) is 3.35. The highest BCUT2D eigenvalue weighted by Crippen LogP contribution is 2.36. The normalized spacial score (nSPS) is 15.4. The lowest BCUT2D eigenvalue weighted by molar-refractivity contribution is 0.104. The molecule has 0 aliphatic heterocycles. The van der Waals surface area contributed by atoms with Crippen LogP contribution < -0.4 is 0 Å². The van der Waals surface area contributed by atoms with E-state index in [4.69, 9.17) is 0 Å². The zero-order chi connectivity index (χ0) is 12.5. The van der Waals surface area contributed by atoms with Gasteiger partial charge in [0.05, 0.1) is 4.88 Å². The lowest BCUT2D eigenvalue weighted by atomic mass is 9.80. The minimum Gasteiger partial charge on any atom is -0.288 e. The molecule has 0 unspecified atom stereocenters. The standard InChI is InChI=1S/C15H13BrOS/c16-13-8-14(18-9-13)15(17)12-6-4-11(5-7-12)10-2-1-3-10/h4-10H,1-3H2. The molecule has 1 aliphatic carbocycles. The van der Waals surface area contributed by atoms with Crippen molar-refractivity contribution >= 4 is 33.0 Å². The van der Waals surface area contributed by atoms with E-state index in [9.17, 15) is 4.79 Å². The summed E-state index contributed by atoms with van der Waals surface area (Å²) in [4.78, 5) is 13.0. The van der Waals surface area contributed by atoms with Crippen molar-refractivity contribution in [2.45, 2.75) is 25.2 Å². The molecule has 92 valence electrons. The number of thiophene rings is 1. The third-order valence-electron chi connectivity index (χ3n) is 3.54. The van der Waals surface area contributed by atoms with Crippen molar-refractivity contribution in [2.24, 2.45) is 0 Å². The summed E-state index contributed by atoms with van der Waals surface area (Å²) in [7, 11) is 0. The average molecular weight is 321 g/mol. The third-order valence-corrected chi connectivity index (χ3v) is 5.23. The Balaban J connectivity index is 1.81. The molecule has 18 heavy (non-hydrogen) atoms. The molecule has 1 aliphatic rings. The van der Waals surface area contributed by atoms with E-state index in [-0.39, 0.29) is 5.78 Å². The van der Waals surface area contributed by atoms with E-state index in [1.807, 2.05) is 23.6 Å². The second-order valence-corrected chi connectivity index (χ2v) is 6.54. The van der Waals surface area contributed by atoms with Gasteiger partial charge in [-0.25, -0.2) is 0 Å². The SMILES string of the molecule is O=C(c1ccc(C2CCC2)cc1)c1cc(Br)cs1. The van der Waals surface area contributed by atoms with Gasteiger partial charge in [0.25, 0.3) is 0 Å². The fourth-order valence-corrected chi connectivity index (χ4v) is 3.61. The van der Waals surface area contributed by atoms with Crippen LogP contribution in [0, 0.1) is 0 Å². The molecule has 3 heteroatoms. The summed E-state index contributed by atoms with van der Waals surface area (Å²) < 4.78 is 0.974. The maximum absolute atomic E-state index is 12.2. The van der Waals surface area contributed by atoms with Gasteiger partial charge in [-0.3, -0.25) is 4.79 Å². The molecule has 0 spiro atoms. The number of rotatable bonds is 3. The van der Waals surface area contributed by atoms with Crippen molar-refractivity contribution in [3.05, 3.63) is 56.2 Å². The molecule has 0 bridgehead atoms. The smallest absolute Gasteiger partial charge is 0.202 e. The molecule has 0 saturated heterocycles. The molecule has 0 amide bonds. The highest BCUT2D eigenvalue weighted by molar-refractivity contribution is 9.10. The Morgan fingerprint density at radius 1 is 1.22 bits per heavy atom. The van der Waals surface area contributed by atoms with Gasteiger partial charge in [0, 0.05) is 15.4 Å². The molecule has 0 N–H and O–H groups in total. The van der Waals surface area contributed by atoms with Gasteiger partial charge in [0.15, 0.2) is 0 Å². The second-order valence-electron chi connectivity index (χ2n) is 4.71. The molecule has 3 rings (SSSR count). The van der Waals surface area contributed by atoms with Crippen molar-refractivity contribution in [3.8, 4) is 0 Å². The van der Waals surface area contributed by atoms with Crippen molar-refractivity contribution in [2.75, 3.05) is 0 Å². The van der Waals surface area contributed by atoms with E-state index in [0.717, 1.165) is 20.8 Å². The maximum atomic E-state index is 12.2. The molecule has 1 aromatic carbocycles. The Bertz CT molecular complexity index is 566. The first-order valence-corrected chi connectivity index (χ1v) is 7.80. The van der Waals surface area contributed by atoms with E-state index in [1.54, 1.807) is 0 Å². The topological polar surface area (TPSA) is 17.1 Å². The van der Waals surface area contributed by atoms with E-state index >= 15 is 0 Å². The van der Waals surface area contributed by atoms with Crippen LogP contribution in [0.2, 0.25) is 0 Å². The quantitative estimate of drug-likeness (QED) is 0.726. The van der Waals surface area contributed by atoms with Crippen LogP contribution in [0.1, 0.15) is 46.0 Å². The predicted octanol–water partition coefficient (Wildman–Crippen LogP) is 5.01. The lowest BCUT2D eigenvalue weighted by Gasteiger charge is -2.25. The van der Waals surface area contributed by atoms with Gasteiger partial charge in [0.1, 0.15) is 0 Å². The van der Waals surface area contributed by atoms with Crippen LogP contribution in [0.5, 0.6) is 0 Å². The first-order chi connectivity index (χ1) is 8.74. The number of carbonyl (C=O) groups excluding carboxylic acids is 1. The Labute approximate surface area is 119 Å². The Morgan fingerprint density at radius 3 is 2.44 bits per heavy atom. The zero-order valence-corrected chi connectivity index (χ0v) is 12.3. The fraction of sp³-hybridized carbons (Fsp3) is 0.267. The molecular formula is C15H13BrOS. The highest BCUT2D eigenvalue weighted by atomic mass is 79.9. The number of hydrogen-bond acceptors (Lipinski definition) is 2. The predicted molar refractivity (Wildman–Crippen MR) is 78.5 cm³/mol. The molecule has 2 aromatic rings. The molecule has 0 atom stereocenters. The highest BCUT2D eigenvalue weighted by Gasteiger charge is 2.19. The summed E-state index contributed by atoms with van der Waals surface area (Å²) in [5, 5.41) is 1.94. The van der Waals surface area contributed by atoms with Crippen LogP contribution in [-0.2, 0) is 0 Å². The van der Waals surface area contributed by atoms with Gasteiger partial charge in [-0.2, -0.15) is 0 Å². The van der Waals surface area contributed by atoms with Crippen LogP contribution in [0.25, 0.3) is 0 Å². The van der Waals surface area contributed by atoms with E-state index in [1.165, 1.54) is 36.2 Å². The van der Waals surface area contributed by atoms with Crippen LogP contribution in [0.3, 0.4) is 0 Å². The van der Waals surface area contributed by atoms with Gasteiger partial charge < -0.3 is 0 Å². The van der Waals surface area contributed by atoms with Crippen molar-refractivity contribution in [1.29, 1.82) is 0 Å². The number of ketones is 1. The minimum absolute atomic E-state index is 0.117. The van der Waals surface area contributed by atoms with E-state index in [0.29, 0.717) is 0 Å². The molecule has 1 aromatic heterocycles. The first-order valence-electron chi connectivity index (χ1n) is 6.13. The van der Waals surface area contributed by atoms with E-state index < -0.39 is 0 Å². The molecule has 1 fully saturated rings. The van der Waals surface area contributed by atoms with Gasteiger partial charge in [-0.1, -0.05) is 30.7 Å². The number of hydrogen-bond donors (Lipinski definition) is 0. The molecular weight excluding hydrogens is 308 g/mol. The second kappa shape index (κ2) is 4.98. The van der Waals surface area contributed by atoms with Gasteiger partial charge in [0.2, 0.25) is 5.78 Å². The average Bonchev–Trinajstić information content (AvgIpc) is 2.74. The van der Waals surface area contributed by atoms with Crippen LogP contribution >= 0.6 is 27.3 Å². The number of benzene rings is 1. The van der Waals surface area contributed by atoms with Gasteiger partial charge in [-0.15, -0.1) is 11.3 Å².